The van der Waals surface area contributed by atoms with E-state index in [0.717, 1.165) is 29.6 Å². The van der Waals surface area contributed by atoms with E-state index >= 15 is 0 Å². The van der Waals surface area contributed by atoms with E-state index in [2.05, 4.69) is 24.5 Å². The summed E-state index contributed by atoms with van der Waals surface area (Å²) in [6.45, 7) is 0. The van der Waals surface area contributed by atoms with Gasteiger partial charge in [-0.3, -0.25) is 4.98 Å². The number of pyridine rings is 1. The molecule has 6 unspecified atom stereocenters. The normalized spacial score (nSPS) is 45.2. The van der Waals surface area contributed by atoms with Gasteiger partial charge in [0.15, 0.2) is 0 Å². The third-order valence-corrected chi connectivity index (χ3v) is 6.98. The van der Waals surface area contributed by atoms with Crippen molar-refractivity contribution in [2.45, 2.75) is 44.1 Å². The van der Waals surface area contributed by atoms with Gasteiger partial charge in [0.2, 0.25) is 0 Å². The van der Waals surface area contributed by atoms with E-state index in [1.807, 2.05) is 6.20 Å². The Bertz CT molecular complexity index is 524. The van der Waals surface area contributed by atoms with Gasteiger partial charge in [0.05, 0.1) is 0 Å². The van der Waals surface area contributed by atoms with Gasteiger partial charge in [0.1, 0.15) is 0 Å². The molecule has 3 saturated carbocycles. The summed E-state index contributed by atoms with van der Waals surface area (Å²) in [6.07, 6.45) is 9.14. The van der Waals surface area contributed by atoms with Gasteiger partial charge < -0.3 is 5.32 Å². The van der Waals surface area contributed by atoms with Crippen LogP contribution in [0.3, 0.4) is 0 Å². The molecule has 106 valence electrons. The zero-order chi connectivity index (χ0) is 13.3. The van der Waals surface area contributed by atoms with Crippen LogP contribution in [0.2, 0.25) is 0 Å². The van der Waals surface area contributed by atoms with Crippen molar-refractivity contribution in [3.63, 3.8) is 0 Å². The first-order valence-electron chi connectivity index (χ1n) is 8.49. The van der Waals surface area contributed by atoms with Crippen molar-refractivity contribution in [2.24, 2.45) is 29.6 Å². The molecule has 6 atom stereocenters. The lowest BCUT2D eigenvalue weighted by molar-refractivity contribution is 0.333. The SMILES string of the molecule is CNC(C1CCc2cccnc21)C1C2C3CCC(C3)C21. The molecule has 3 fully saturated rings. The highest BCUT2D eigenvalue weighted by Crippen LogP contribution is 2.71. The van der Waals surface area contributed by atoms with Crippen LogP contribution >= 0.6 is 0 Å². The minimum Gasteiger partial charge on any atom is -0.316 e. The summed E-state index contributed by atoms with van der Waals surface area (Å²) in [6, 6.07) is 5.07. The number of fused-ring (bicyclic) bond motifs is 6. The van der Waals surface area contributed by atoms with E-state index in [1.165, 1.54) is 36.9 Å². The van der Waals surface area contributed by atoms with Gasteiger partial charge in [0, 0.05) is 23.9 Å². The second kappa shape index (κ2) is 4.07. The van der Waals surface area contributed by atoms with Crippen LogP contribution in [0.25, 0.3) is 0 Å². The maximum Gasteiger partial charge on any atom is 0.0482 e. The third kappa shape index (κ3) is 1.41. The average molecular weight is 268 g/mol. The van der Waals surface area contributed by atoms with Crippen LogP contribution in [0, 0.1) is 29.6 Å². The molecule has 1 aromatic rings. The largest absolute Gasteiger partial charge is 0.316 e. The number of nitrogens with one attached hydrogen (secondary N) is 1. The lowest BCUT2D eigenvalue weighted by Crippen LogP contribution is -2.35. The average Bonchev–Trinajstić information content (AvgIpc) is 2.86. The molecule has 1 aromatic heterocycles. The van der Waals surface area contributed by atoms with Gasteiger partial charge in [-0.25, -0.2) is 0 Å². The number of aryl methyl sites for hydroxylation is 1. The maximum absolute atomic E-state index is 4.73. The first-order valence-corrected chi connectivity index (χ1v) is 8.49. The van der Waals surface area contributed by atoms with E-state index in [-0.39, 0.29) is 0 Å². The van der Waals surface area contributed by atoms with Crippen molar-refractivity contribution >= 4 is 0 Å². The van der Waals surface area contributed by atoms with Gasteiger partial charge in [-0.15, -0.1) is 0 Å². The molecule has 0 spiro atoms. The van der Waals surface area contributed by atoms with Crippen molar-refractivity contribution in [3.8, 4) is 0 Å². The minimum atomic E-state index is 0.672. The summed E-state index contributed by atoms with van der Waals surface area (Å²) in [5.41, 5.74) is 2.91. The first kappa shape index (κ1) is 11.7. The van der Waals surface area contributed by atoms with Gasteiger partial charge in [-0.05, 0) is 80.4 Å². The Morgan fingerprint density at radius 2 is 2.00 bits per heavy atom. The van der Waals surface area contributed by atoms with Crippen LogP contribution in [0.4, 0.5) is 0 Å². The van der Waals surface area contributed by atoms with Crippen molar-refractivity contribution < 1.29 is 0 Å². The molecule has 1 N–H and O–H groups in total. The summed E-state index contributed by atoms with van der Waals surface area (Å²) in [5.74, 6) is 5.93. The fourth-order valence-corrected chi connectivity index (χ4v) is 6.33. The lowest BCUT2D eigenvalue weighted by atomic mass is 9.87. The van der Waals surface area contributed by atoms with Crippen LogP contribution in [0.1, 0.15) is 42.9 Å². The number of hydrogen-bond acceptors (Lipinski definition) is 2. The number of rotatable bonds is 3. The van der Waals surface area contributed by atoms with E-state index < -0.39 is 0 Å². The van der Waals surface area contributed by atoms with Crippen LogP contribution in [-0.4, -0.2) is 18.1 Å². The smallest absolute Gasteiger partial charge is 0.0482 e. The Balaban J connectivity index is 1.43. The predicted octanol–water partition coefficient (Wildman–Crippen LogP) is 2.99. The van der Waals surface area contributed by atoms with Crippen molar-refractivity contribution in [3.05, 3.63) is 29.6 Å². The van der Waals surface area contributed by atoms with E-state index in [0.29, 0.717) is 12.0 Å². The molecule has 1 heterocycles. The fraction of sp³-hybridized carbons (Fsp3) is 0.722. The Labute approximate surface area is 121 Å². The van der Waals surface area contributed by atoms with E-state index in [1.54, 1.807) is 6.42 Å². The van der Waals surface area contributed by atoms with Gasteiger partial charge in [-0.1, -0.05) is 6.07 Å². The summed E-state index contributed by atoms with van der Waals surface area (Å²) in [7, 11) is 2.18. The topological polar surface area (TPSA) is 24.9 Å². The number of likely N-dealkylation sites (N-methyl/N-ethyl adjacent to an activating group) is 1. The van der Waals surface area contributed by atoms with Crippen LogP contribution < -0.4 is 5.32 Å². The molecule has 0 aromatic carbocycles. The Morgan fingerprint density at radius 1 is 1.20 bits per heavy atom. The van der Waals surface area contributed by atoms with E-state index in [4.69, 9.17) is 4.98 Å². The van der Waals surface area contributed by atoms with Crippen molar-refractivity contribution in [2.75, 3.05) is 7.05 Å². The molecule has 4 aliphatic carbocycles. The monoisotopic (exact) mass is 268 g/mol. The number of nitrogens with zero attached hydrogens (tertiary/aromatic N) is 1. The van der Waals surface area contributed by atoms with Gasteiger partial charge in [-0.2, -0.15) is 0 Å². The third-order valence-electron chi connectivity index (χ3n) is 6.98. The quantitative estimate of drug-likeness (QED) is 0.911. The molecule has 0 aliphatic heterocycles. The van der Waals surface area contributed by atoms with Crippen molar-refractivity contribution in [1.29, 1.82) is 0 Å². The number of hydrogen-bond donors (Lipinski definition) is 1. The molecule has 0 radical (unpaired) electrons. The predicted molar refractivity (Wildman–Crippen MR) is 79.4 cm³/mol. The molecule has 2 nitrogen and oxygen atoms in total. The summed E-state index contributed by atoms with van der Waals surface area (Å²) >= 11 is 0. The summed E-state index contributed by atoms with van der Waals surface area (Å²) in [5, 5.41) is 3.70. The fourth-order valence-electron chi connectivity index (χ4n) is 6.33. The summed E-state index contributed by atoms with van der Waals surface area (Å²) in [4.78, 5) is 4.73. The van der Waals surface area contributed by atoms with Gasteiger partial charge >= 0.3 is 0 Å². The van der Waals surface area contributed by atoms with Crippen LogP contribution in [0.5, 0.6) is 0 Å². The molecular formula is C18H24N2. The standard InChI is InChI=1S/C18H24N2/c1-19-18(13-7-6-10-3-2-8-20-17(10)13)16-14-11-4-5-12(9-11)15(14)16/h2-3,8,11-16,18-19H,4-7,9H2,1H3. The molecule has 20 heavy (non-hydrogen) atoms. The summed E-state index contributed by atoms with van der Waals surface area (Å²) < 4.78 is 0. The maximum atomic E-state index is 4.73. The Morgan fingerprint density at radius 3 is 2.75 bits per heavy atom. The molecule has 4 aliphatic rings. The molecule has 0 amide bonds. The highest BCUT2D eigenvalue weighted by Gasteiger charge is 2.67. The van der Waals surface area contributed by atoms with Crippen LogP contribution in [-0.2, 0) is 6.42 Å². The Hall–Kier alpha value is -0.890. The highest BCUT2D eigenvalue weighted by atomic mass is 14.9. The highest BCUT2D eigenvalue weighted by molar-refractivity contribution is 5.32. The molecule has 5 rings (SSSR count). The minimum absolute atomic E-state index is 0.672. The first-order chi connectivity index (χ1) is 9.88. The van der Waals surface area contributed by atoms with Crippen LogP contribution in [0.15, 0.2) is 18.3 Å². The van der Waals surface area contributed by atoms with Gasteiger partial charge in [0.25, 0.3) is 0 Å². The second-order valence-corrected chi connectivity index (χ2v) is 7.57. The zero-order valence-electron chi connectivity index (χ0n) is 12.3. The molecule has 0 saturated heterocycles. The Kier molecular flexibility index (Phi) is 2.39. The van der Waals surface area contributed by atoms with Crippen molar-refractivity contribution in [1.82, 2.24) is 10.3 Å². The number of aromatic nitrogens is 1. The van der Waals surface area contributed by atoms with E-state index in [9.17, 15) is 0 Å². The molecule has 2 heteroatoms. The lowest BCUT2D eigenvalue weighted by Gasteiger charge is -2.26. The second-order valence-electron chi connectivity index (χ2n) is 7.57. The molecule has 2 bridgehead atoms. The molecular weight excluding hydrogens is 244 g/mol. The zero-order valence-corrected chi connectivity index (χ0v) is 12.3.